The average Bonchev–Trinajstić information content (AvgIpc) is 2.30. The zero-order chi connectivity index (χ0) is 11.8. The van der Waals surface area contributed by atoms with E-state index in [2.05, 4.69) is 32.0 Å². The molecule has 0 aliphatic carbocycles. The SMILES string of the molecule is CCCCCC(O)c1cccc(CCC)c1. The summed E-state index contributed by atoms with van der Waals surface area (Å²) < 4.78 is 0. The third-order valence-electron chi connectivity index (χ3n) is 2.96. The molecule has 1 rings (SSSR count). The van der Waals surface area contributed by atoms with E-state index in [1.54, 1.807) is 0 Å². The van der Waals surface area contributed by atoms with Gasteiger partial charge < -0.3 is 5.11 Å². The second-order valence-corrected chi connectivity index (χ2v) is 4.51. The molecule has 1 aromatic carbocycles. The average molecular weight is 220 g/mol. The van der Waals surface area contributed by atoms with Crippen molar-refractivity contribution in [2.75, 3.05) is 0 Å². The number of aryl methyl sites for hydroxylation is 1. The summed E-state index contributed by atoms with van der Waals surface area (Å²) in [5, 5.41) is 10.0. The van der Waals surface area contributed by atoms with Gasteiger partial charge >= 0.3 is 0 Å². The lowest BCUT2D eigenvalue weighted by Crippen LogP contribution is -1.98. The Labute approximate surface area is 99.5 Å². The van der Waals surface area contributed by atoms with Gasteiger partial charge in [-0.1, -0.05) is 63.8 Å². The quantitative estimate of drug-likeness (QED) is 0.681. The highest BCUT2D eigenvalue weighted by atomic mass is 16.3. The Morgan fingerprint density at radius 2 is 1.94 bits per heavy atom. The molecule has 0 saturated heterocycles. The summed E-state index contributed by atoms with van der Waals surface area (Å²) >= 11 is 0. The van der Waals surface area contributed by atoms with Crippen molar-refractivity contribution >= 4 is 0 Å². The second-order valence-electron chi connectivity index (χ2n) is 4.51. The minimum atomic E-state index is -0.275. The summed E-state index contributed by atoms with van der Waals surface area (Å²) in [5.74, 6) is 0. The molecule has 1 N–H and O–H groups in total. The summed E-state index contributed by atoms with van der Waals surface area (Å²) in [5.41, 5.74) is 2.43. The topological polar surface area (TPSA) is 20.2 Å². The Kier molecular flexibility index (Phi) is 6.17. The van der Waals surface area contributed by atoms with Crippen LogP contribution in [0.5, 0.6) is 0 Å². The van der Waals surface area contributed by atoms with Gasteiger partial charge in [0.25, 0.3) is 0 Å². The lowest BCUT2D eigenvalue weighted by atomic mass is 10.00. The molecule has 1 aromatic rings. The number of benzene rings is 1. The second kappa shape index (κ2) is 7.45. The highest BCUT2D eigenvalue weighted by molar-refractivity contribution is 5.25. The van der Waals surface area contributed by atoms with Crippen molar-refractivity contribution in [3.63, 3.8) is 0 Å². The Morgan fingerprint density at radius 3 is 2.62 bits per heavy atom. The van der Waals surface area contributed by atoms with E-state index < -0.39 is 0 Å². The van der Waals surface area contributed by atoms with Crippen LogP contribution in [0.1, 0.15) is 63.2 Å². The van der Waals surface area contributed by atoms with Crippen LogP contribution in [0.25, 0.3) is 0 Å². The van der Waals surface area contributed by atoms with Gasteiger partial charge in [-0.25, -0.2) is 0 Å². The maximum Gasteiger partial charge on any atom is 0.0790 e. The Morgan fingerprint density at radius 1 is 1.12 bits per heavy atom. The standard InChI is InChI=1S/C15H24O/c1-3-5-6-11-15(16)14-10-7-9-13(12-14)8-4-2/h7,9-10,12,15-16H,3-6,8,11H2,1-2H3. The number of unbranched alkanes of at least 4 members (excludes halogenated alkanes) is 2. The Bertz CT molecular complexity index is 293. The largest absolute Gasteiger partial charge is 0.388 e. The summed E-state index contributed by atoms with van der Waals surface area (Å²) in [6.45, 7) is 4.37. The van der Waals surface area contributed by atoms with Gasteiger partial charge in [0.15, 0.2) is 0 Å². The summed E-state index contributed by atoms with van der Waals surface area (Å²) in [4.78, 5) is 0. The lowest BCUT2D eigenvalue weighted by molar-refractivity contribution is 0.163. The zero-order valence-electron chi connectivity index (χ0n) is 10.6. The van der Waals surface area contributed by atoms with Crippen molar-refractivity contribution in [2.45, 2.75) is 58.5 Å². The van der Waals surface area contributed by atoms with Crippen molar-refractivity contribution in [3.8, 4) is 0 Å². The van der Waals surface area contributed by atoms with Gasteiger partial charge in [-0.15, -0.1) is 0 Å². The van der Waals surface area contributed by atoms with Gasteiger partial charge in [-0.3, -0.25) is 0 Å². The third-order valence-corrected chi connectivity index (χ3v) is 2.96. The van der Waals surface area contributed by atoms with Gasteiger partial charge in [-0.05, 0) is 24.0 Å². The van der Waals surface area contributed by atoms with Crippen LogP contribution >= 0.6 is 0 Å². The third kappa shape index (κ3) is 4.36. The van der Waals surface area contributed by atoms with Gasteiger partial charge in [-0.2, -0.15) is 0 Å². The van der Waals surface area contributed by atoms with E-state index in [9.17, 15) is 5.11 Å². The molecule has 0 spiro atoms. The molecule has 1 nitrogen and oxygen atoms in total. The van der Waals surface area contributed by atoms with E-state index in [1.807, 2.05) is 6.07 Å². The molecule has 90 valence electrons. The lowest BCUT2D eigenvalue weighted by Gasteiger charge is -2.11. The number of aliphatic hydroxyl groups is 1. The maximum atomic E-state index is 10.0. The Hall–Kier alpha value is -0.820. The predicted octanol–water partition coefficient (Wildman–Crippen LogP) is 4.25. The normalized spacial score (nSPS) is 12.7. The molecule has 16 heavy (non-hydrogen) atoms. The maximum absolute atomic E-state index is 10.0. The zero-order valence-corrected chi connectivity index (χ0v) is 10.6. The highest BCUT2D eigenvalue weighted by Crippen LogP contribution is 2.21. The summed E-state index contributed by atoms with van der Waals surface area (Å²) in [7, 11) is 0. The highest BCUT2D eigenvalue weighted by Gasteiger charge is 2.07. The first-order valence-electron chi connectivity index (χ1n) is 6.54. The van der Waals surface area contributed by atoms with Crippen LogP contribution in [-0.4, -0.2) is 5.11 Å². The van der Waals surface area contributed by atoms with Crippen molar-refractivity contribution in [1.82, 2.24) is 0 Å². The van der Waals surface area contributed by atoms with E-state index >= 15 is 0 Å². The first-order valence-corrected chi connectivity index (χ1v) is 6.54. The first kappa shape index (κ1) is 13.2. The summed E-state index contributed by atoms with van der Waals surface area (Å²) in [6, 6.07) is 8.39. The molecule has 0 aromatic heterocycles. The monoisotopic (exact) mass is 220 g/mol. The Balaban J connectivity index is 2.53. The predicted molar refractivity (Wildman–Crippen MR) is 69.5 cm³/mol. The molecule has 0 bridgehead atoms. The number of hydrogen-bond donors (Lipinski definition) is 1. The first-order chi connectivity index (χ1) is 7.77. The van der Waals surface area contributed by atoms with E-state index in [4.69, 9.17) is 0 Å². The molecule has 0 radical (unpaired) electrons. The number of aliphatic hydroxyl groups excluding tert-OH is 1. The fourth-order valence-corrected chi connectivity index (χ4v) is 2.00. The molecule has 1 heteroatoms. The van der Waals surface area contributed by atoms with E-state index in [1.165, 1.54) is 18.4 Å². The van der Waals surface area contributed by atoms with Crippen molar-refractivity contribution in [2.24, 2.45) is 0 Å². The van der Waals surface area contributed by atoms with Gasteiger partial charge in [0, 0.05) is 0 Å². The molecule has 0 fully saturated rings. The van der Waals surface area contributed by atoms with Crippen molar-refractivity contribution < 1.29 is 5.11 Å². The molecule has 0 heterocycles. The van der Waals surface area contributed by atoms with Crippen LogP contribution in [0.3, 0.4) is 0 Å². The minimum absolute atomic E-state index is 0.275. The van der Waals surface area contributed by atoms with Crippen LogP contribution in [0.2, 0.25) is 0 Å². The fourth-order valence-electron chi connectivity index (χ4n) is 2.00. The molecule has 0 aliphatic rings. The number of hydrogen-bond acceptors (Lipinski definition) is 1. The van der Waals surface area contributed by atoms with Crippen LogP contribution in [-0.2, 0) is 6.42 Å². The minimum Gasteiger partial charge on any atom is -0.388 e. The van der Waals surface area contributed by atoms with E-state index in [-0.39, 0.29) is 6.10 Å². The molecule has 1 unspecified atom stereocenters. The molecule has 1 atom stereocenters. The fraction of sp³-hybridized carbons (Fsp3) is 0.600. The molecule has 0 aliphatic heterocycles. The molecular weight excluding hydrogens is 196 g/mol. The van der Waals surface area contributed by atoms with Crippen molar-refractivity contribution in [1.29, 1.82) is 0 Å². The van der Waals surface area contributed by atoms with Gasteiger partial charge in [0.05, 0.1) is 6.10 Å². The van der Waals surface area contributed by atoms with E-state index in [0.29, 0.717) is 0 Å². The number of rotatable bonds is 7. The van der Waals surface area contributed by atoms with Crippen LogP contribution in [0, 0.1) is 0 Å². The van der Waals surface area contributed by atoms with Gasteiger partial charge in [0.2, 0.25) is 0 Å². The van der Waals surface area contributed by atoms with E-state index in [0.717, 1.165) is 31.2 Å². The van der Waals surface area contributed by atoms with Crippen LogP contribution in [0.15, 0.2) is 24.3 Å². The van der Waals surface area contributed by atoms with Gasteiger partial charge in [0.1, 0.15) is 0 Å². The molecular formula is C15H24O. The van der Waals surface area contributed by atoms with Crippen LogP contribution < -0.4 is 0 Å². The molecule has 0 amide bonds. The van der Waals surface area contributed by atoms with Crippen molar-refractivity contribution in [3.05, 3.63) is 35.4 Å². The molecule has 0 saturated carbocycles. The smallest absolute Gasteiger partial charge is 0.0790 e. The summed E-state index contributed by atoms with van der Waals surface area (Å²) in [6.07, 6.45) is 6.43. The van der Waals surface area contributed by atoms with Crippen LogP contribution in [0.4, 0.5) is 0 Å².